The summed E-state index contributed by atoms with van der Waals surface area (Å²) in [5.74, 6) is 0.215. The van der Waals surface area contributed by atoms with E-state index in [-0.39, 0.29) is 11.4 Å². The summed E-state index contributed by atoms with van der Waals surface area (Å²) in [7, 11) is 0. The first-order valence-corrected chi connectivity index (χ1v) is 5.94. The van der Waals surface area contributed by atoms with E-state index in [4.69, 9.17) is 28.5 Å². The smallest absolute Gasteiger partial charge is 0.216 e. The van der Waals surface area contributed by atoms with Crippen molar-refractivity contribution < 1.29 is 0 Å². The molecule has 0 saturated carbocycles. The molecule has 1 aromatic carbocycles. The van der Waals surface area contributed by atoms with Gasteiger partial charge in [-0.3, -0.25) is 0 Å². The molecule has 1 heterocycles. The molecule has 2 N–H and O–H groups in total. The second kappa shape index (κ2) is 5.69. The maximum atomic E-state index is 9.02. The Morgan fingerprint density at radius 2 is 2.26 bits per heavy atom. The number of H-pyrrole nitrogens is 1. The zero-order valence-electron chi connectivity index (χ0n) is 9.78. The molecule has 0 fully saturated rings. The molecule has 0 atom stereocenters. The van der Waals surface area contributed by atoms with Crippen molar-refractivity contribution in [3.8, 4) is 6.07 Å². The molecule has 19 heavy (non-hydrogen) atoms. The fourth-order valence-corrected chi connectivity index (χ4v) is 1.75. The Kier molecular flexibility index (Phi) is 4.00. The fraction of sp³-hybridized carbons (Fsp3) is 0.0909. The fourth-order valence-electron chi connectivity index (χ4n) is 1.38. The van der Waals surface area contributed by atoms with E-state index in [0.29, 0.717) is 10.0 Å². The predicted molar refractivity (Wildman–Crippen MR) is 72.6 cm³/mol. The third-order valence-electron chi connectivity index (χ3n) is 2.42. The molecule has 2 rings (SSSR count). The quantitative estimate of drug-likeness (QED) is 0.850. The molecular weight excluding hydrogens is 287 g/mol. The van der Waals surface area contributed by atoms with Crippen molar-refractivity contribution in [2.75, 3.05) is 5.32 Å². The van der Waals surface area contributed by atoms with Crippen LogP contribution in [0.25, 0.3) is 5.57 Å². The number of hydrogen-bond acceptors (Lipinski definition) is 5. The summed E-state index contributed by atoms with van der Waals surface area (Å²) in [4.78, 5) is 0. The Hall–Kier alpha value is -2.10. The van der Waals surface area contributed by atoms with Gasteiger partial charge in [0, 0.05) is 11.9 Å². The van der Waals surface area contributed by atoms with Crippen LogP contribution in [-0.4, -0.2) is 20.6 Å². The van der Waals surface area contributed by atoms with E-state index < -0.39 is 0 Å². The van der Waals surface area contributed by atoms with Gasteiger partial charge >= 0.3 is 0 Å². The minimum atomic E-state index is 0.215. The highest BCUT2D eigenvalue weighted by Crippen LogP contribution is 2.30. The van der Waals surface area contributed by atoms with Crippen LogP contribution in [0.5, 0.6) is 0 Å². The van der Waals surface area contributed by atoms with Crippen LogP contribution in [-0.2, 0) is 0 Å². The van der Waals surface area contributed by atoms with Crippen LogP contribution in [0.3, 0.4) is 0 Å². The number of rotatable bonds is 3. The van der Waals surface area contributed by atoms with Crippen LogP contribution in [0, 0.1) is 18.3 Å². The van der Waals surface area contributed by atoms with Crippen LogP contribution in [0.1, 0.15) is 11.4 Å². The Morgan fingerprint density at radius 3 is 2.89 bits per heavy atom. The average molecular weight is 295 g/mol. The molecule has 0 aliphatic rings. The topological polar surface area (TPSA) is 90.3 Å². The molecular formula is C11H8Cl2N6. The number of halogens is 2. The summed E-state index contributed by atoms with van der Waals surface area (Å²) < 4.78 is 0. The number of nitriles is 1. The largest absolute Gasteiger partial charge is 0.360 e. The maximum Gasteiger partial charge on any atom is 0.216 e. The standard InChI is InChI=1S/C11H8Cl2N6/c1-6-9(3-2-8(12)10(6)13)15-5-7(4-14)11-16-18-19-17-11/h2-3,5,15H,1H3,(H,16,17,18,19). The number of anilines is 1. The summed E-state index contributed by atoms with van der Waals surface area (Å²) in [6.07, 6.45) is 1.48. The summed E-state index contributed by atoms with van der Waals surface area (Å²) in [6.45, 7) is 1.82. The van der Waals surface area contributed by atoms with Gasteiger partial charge in [0.05, 0.1) is 10.0 Å². The Labute approximate surface area is 119 Å². The van der Waals surface area contributed by atoms with Crippen molar-refractivity contribution in [3.05, 3.63) is 39.8 Å². The minimum Gasteiger partial charge on any atom is -0.360 e. The zero-order chi connectivity index (χ0) is 13.8. The first kappa shape index (κ1) is 13.3. The van der Waals surface area contributed by atoms with Crippen molar-refractivity contribution >= 4 is 34.5 Å². The van der Waals surface area contributed by atoms with E-state index in [2.05, 4.69) is 25.9 Å². The highest BCUT2D eigenvalue weighted by atomic mass is 35.5. The lowest BCUT2D eigenvalue weighted by atomic mass is 10.2. The summed E-state index contributed by atoms with van der Waals surface area (Å²) in [6, 6.07) is 5.42. The van der Waals surface area contributed by atoms with Crippen molar-refractivity contribution in [2.45, 2.75) is 6.92 Å². The van der Waals surface area contributed by atoms with Gasteiger partial charge in [-0.15, -0.1) is 10.2 Å². The summed E-state index contributed by atoms with van der Waals surface area (Å²) in [5, 5.41) is 26.1. The van der Waals surface area contributed by atoms with Crippen molar-refractivity contribution in [1.82, 2.24) is 20.6 Å². The number of benzene rings is 1. The summed E-state index contributed by atoms with van der Waals surface area (Å²) >= 11 is 11.9. The number of hydrogen-bond donors (Lipinski definition) is 2. The number of aromatic nitrogens is 4. The molecule has 0 aliphatic heterocycles. The van der Waals surface area contributed by atoms with Crippen molar-refractivity contribution in [2.24, 2.45) is 0 Å². The molecule has 96 valence electrons. The predicted octanol–water partition coefficient (Wildman–Crippen LogP) is 2.79. The van der Waals surface area contributed by atoms with E-state index in [9.17, 15) is 0 Å². The number of nitrogens with one attached hydrogen (secondary N) is 2. The van der Waals surface area contributed by atoms with E-state index in [1.165, 1.54) is 6.20 Å². The molecule has 8 heteroatoms. The van der Waals surface area contributed by atoms with Crippen LogP contribution in [0.2, 0.25) is 10.0 Å². The average Bonchev–Trinajstić information content (AvgIpc) is 2.93. The third-order valence-corrected chi connectivity index (χ3v) is 3.32. The van der Waals surface area contributed by atoms with Gasteiger partial charge in [-0.2, -0.15) is 10.5 Å². The maximum absolute atomic E-state index is 9.02. The van der Waals surface area contributed by atoms with Crippen LogP contribution < -0.4 is 5.32 Å². The molecule has 0 aliphatic carbocycles. The van der Waals surface area contributed by atoms with Crippen LogP contribution in [0.4, 0.5) is 5.69 Å². The molecule has 0 unspecified atom stereocenters. The highest BCUT2D eigenvalue weighted by Gasteiger charge is 2.08. The van der Waals surface area contributed by atoms with Gasteiger partial charge in [-0.05, 0) is 29.8 Å². The second-order valence-electron chi connectivity index (χ2n) is 3.58. The van der Waals surface area contributed by atoms with Gasteiger partial charge < -0.3 is 5.32 Å². The molecule has 2 aromatic rings. The van der Waals surface area contributed by atoms with Gasteiger partial charge in [-0.25, -0.2) is 0 Å². The lowest BCUT2D eigenvalue weighted by molar-refractivity contribution is 0.881. The number of allylic oxidation sites excluding steroid dienone is 1. The molecule has 6 nitrogen and oxygen atoms in total. The number of nitrogens with zero attached hydrogens (tertiary/aromatic N) is 4. The van der Waals surface area contributed by atoms with E-state index in [0.717, 1.165) is 11.3 Å². The monoisotopic (exact) mass is 294 g/mol. The van der Waals surface area contributed by atoms with Gasteiger partial charge in [0.25, 0.3) is 0 Å². The van der Waals surface area contributed by atoms with Crippen molar-refractivity contribution in [1.29, 1.82) is 5.26 Å². The Morgan fingerprint density at radius 1 is 1.47 bits per heavy atom. The SMILES string of the molecule is Cc1c(NC=C(C#N)c2nn[nH]n2)ccc(Cl)c1Cl. The van der Waals surface area contributed by atoms with E-state index in [1.807, 2.05) is 13.0 Å². The molecule has 1 aromatic heterocycles. The van der Waals surface area contributed by atoms with Gasteiger partial charge in [0.2, 0.25) is 5.82 Å². The third kappa shape index (κ3) is 2.84. The first-order chi connectivity index (χ1) is 9.13. The normalized spacial score (nSPS) is 11.2. The first-order valence-electron chi connectivity index (χ1n) is 5.18. The number of tetrazole rings is 1. The minimum absolute atomic E-state index is 0.215. The molecule has 0 saturated heterocycles. The number of aromatic amines is 1. The molecule has 0 amide bonds. The highest BCUT2D eigenvalue weighted by molar-refractivity contribution is 6.42. The van der Waals surface area contributed by atoms with Crippen LogP contribution in [0.15, 0.2) is 18.3 Å². The lowest BCUT2D eigenvalue weighted by Crippen LogP contribution is -1.95. The van der Waals surface area contributed by atoms with Crippen molar-refractivity contribution in [3.63, 3.8) is 0 Å². The van der Waals surface area contributed by atoms with Gasteiger partial charge in [-0.1, -0.05) is 23.2 Å². The van der Waals surface area contributed by atoms with E-state index in [1.54, 1.807) is 12.1 Å². The Bertz CT molecular complexity index is 657. The second-order valence-corrected chi connectivity index (χ2v) is 4.37. The van der Waals surface area contributed by atoms with Crippen LogP contribution >= 0.6 is 23.2 Å². The van der Waals surface area contributed by atoms with E-state index >= 15 is 0 Å². The van der Waals surface area contributed by atoms with Gasteiger partial charge in [0.1, 0.15) is 11.6 Å². The van der Waals surface area contributed by atoms with Gasteiger partial charge in [0.15, 0.2) is 0 Å². The molecule has 0 spiro atoms. The molecule has 0 bridgehead atoms. The zero-order valence-corrected chi connectivity index (χ0v) is 11.3. The summed E-state index contributed by atoms with van der Waals surface area (Å²) in [5.41, 5.74) is 1.78. The Balaban J connectivity index is 2.28. The molecule has 0 radical (unpaired) electrons. The lowest BCUT2D eigenvalue weighted by Gasteiger charge is -2.08.